The van der Waals surface area contributed by atoms with Gasteiger partial charge in [-0.05, 0) is 43.7 Å². The van der Waals surface area contributed by atoms with Gasteiger partial charge in [-0.1, -0.05) is 36.0 Å². The lowest BCUT2D eigenvalue weighted by atomic mass is 10.1. The highest BCUT2D eigenvalue weighted by molar-refractivity contribution is 7.16. The molecule has 0 fully saturated rings. The molecular weight excluding hydrogens is 405 g/mol. The first-order chi connectivity index (χ1) is 13.6. The third kappa shape index (κ3) is 4.24. The number of thiazole rings is 1. The Morgan fingerprint density at radius 2 is 1.83 bits per heavy atom. The minimum atomic E-state index is -4.53. The van der Waals surface area contributed by atoms with Crippen LogP contribution in [0, 0.1) is 6.92 Å². The van der Waals surface area contributed by atoms with Gasteiger partial charge in [-0.2, -0.15) is 18.2 Å². The molecule has 29 heavy (non-hydrogen) atoms. The van der Waals surface area contributed by atoms with Crippen molar-refractivity contribution in [2.24, 2.45) is 4.99 Å². The molecule has 0 spiro atoms. The van der Waals surface area contributed by atoms with E-state index in [1.165, 1.54) is 10.6 Å². The first-order valence-corrected chi connectivity index (χ1v) is 9.54. The van der Waals surface area contributed by atoms with Crippen LogP contribution in [0.1, 0.15) is 40.9 Å². The summed E-state index contributed by atoms with van der Waals surface area (Å²) in [5.41, 5.74) is 0.694. The maximum absolute atomic E-state index is 13.1. The van der Waals surface area contributed by atoms with Crippen LogP contribution in [-0.4, -0.2) is 21.6 Å². The smallest absolute Gasteiger partial charge is 0.416 e. The molecular formula is C20H17F3N2O3S. The number of halogens is 3. The van der Waals surface area contributed by atoms with Gasteiger partial charge < -0.3 is 9.67 Å². The molecule has 5 nitrogen and oxygen atoms in total. The Hall–Kier alpha value is -2.94. The number of alkyl halides is 3. The van der Waals surface area contributed by atoms with Gasteiger partial charge in [0.2, 0.25) is 0 Å². The minimum absolute atomic E-state index is 0.0409. The van der Waals surface area contributed by atoms with Gasteiger partial charge in [0.1, 0.15) is 6.04 Å². The highest BCUT2D eigenvalue weighted by Gasteiger charge is 2.31. The monoisotopic (exact) mass is 422 g/mol. The summed E-state index contributed by atoms with van der Waals surface area (Å²) in [6, 6.07) is 8.66. The molecule has 0 radical (unpaired) electrons. The van der Waals surface area contributed by atoms with Crippen LogP contribution in [0.15, 0.2) is 47.5 Å². The Morgan fingerprint density at radius 1 is 1.17 bits per heavy atom. The lowest BCUT2D eigenvalue weighted by Gasteiger charge is -2.14. The third-order valence-corrected chi connectivity index (χ3v) is 5.45. The Bertz CT molecular complexity index is 1140. The van der Waals surface area contributed by atoms with Crippen molar-refractivity contribution in [3.05, 3.63) is 64.0 Å². The van der Waals surface area contributed by atoms with Crippen molar-refractivity contribution < 1.29 is 27.9 Å². The summed E-state index contributed by atoms with van der Waals surface area (Å²) >= 11 is 0.854. The summed E-state index contributed by atoms with van der Waals surface area (Å²) in [7, 11) is 0. The Kier molecular flexibility index (Phi) is 5.61. The number of benzene rings is 2. The number of aliphatic carboxylic acids is 1. The van der Waals surface area contributed by atoms with Crippen LogP contribution in [0.2, 0.25) is 0 Å². The maximum atomic E-state index is 13.1. The summed E-state index contributed by atoms with van der Waals surface area (Å²) in [5.74, 6) is -1.75. The largest absolute Gasteiger partial charge is 0.480 e. The highest BCUT2D eigenvalue weighted by Crippen LogP contribution is 2.33. The second-order valence-electron chi connectivity index (χ2n) is 6.48. The van der Waals surface area contributed by atoms with E-state index in [4.69, 9.17) is 0 Å². The lowest BCUT2D eigenvalue weighted by molar-refractivity contribution is -0.141. The summed E-state index contributed by atoms with van der Waals surface area (Å²) in [5, 5.41) is 9.57. The Labute approximate surface area is 167 Å². The number of fused-ring (bicyclic) bond motifs is 1. The number of aryl methyl sites for hydroxylation is 1. The molecule has 3 aromatic rings. The number of carboxylic acid groups (broad SMARTS) is 1. The van der Waals surface area contributed by atoms with Crippen LogP contribution in [0.3, 0.4) is 0 Å². The zero-order valence-corrected chi connectivity index (χ0v) is 16.3. The van der Waals surface area contributed by atoms with Gasteiger partial charge in [-0.25, -0.2) is 4.79 Å². The van der Waals surface area contributed by atoms with E-state index < -0.39 is 29.7 Å². The van der Waals surface area contributed by atoms with E-state index in [0.717, 1.165) is 29.0 Å². The van der Waals surface area contributed by atoms with Crippen LogP contribution in [0.4, 0.5) is 13.2 Å². The topological polar surface area (TPSA) is 71.7 Å². The van der Waals surface area contributed by atoms with Gasteiger partial charge >= 0.3 is 12.1 Å². The van der Waals surface area contributed by atoms with Gasteiger partial charge in [0.25, 0.3) is 5.91 Å². The predicted octanol–water partition coefficient (Wildman–Crippen LogP) is 4.81. The number of carbonyl (C=O) groups is 2. The van der Waals surface area contributed by atoms with Crippen LogP contribution in [-0.2, 0) is 11.0 Å². The Morgan fingerprint density at radius 3 is 2.38 bits per heavy atom. The number of hydrogen-bond donors (Lipinski definition) is 1. The SMILES string of the molecule is CCC(C(=O)O)n1/c(=N/C(=O)c2ccc(C)cc2)sc2cc(C(F)(F)F)ccc21. The molecule has 152 valence electrons. The van der Waals surface area contributed by atoms with Crippen molar-refractivity contribution in [1.82, 2.24) is 4.57 Å². The molecule has 0 aliphatic heterocycles. The molecule has 0 aliphatic rings. The van der Waals surface area contributed by atoms with Crippen LogP contribution < -0.4 is 4.80 Å². The number of carboxylic acids is 1. The molecule has 9 heteroatoms. The van der Waals surface area contributed by atoms with Crippen molar-refractivity contribution in [2.45, 2.75) is 32.5 Å². The van der Waals surface area contributed by atoms with Crippen molar-refractivity contribution in [3.8, 4) is 0 Å². The number of amides is 1. The molecule has 0 bridgehead atoms. The quantitative estimate of drug-likeness (QED) is 0.656. The van der Waals surface area contributed by atoms with Gasteiger partial charge in [0, 0.05) is 5.56 Å². The molecule has 1 aromatic heterocycles. The highest BCUT2D eigenvalue weighted by atomic mass is 32.1. The van der Waals surface area contributed by atoms with Gasteiger partial charge in [0.05, 0.1) is 15.8 Å². The average Bonchev–Trinajstić information content (AvgIpc) is 2.99. The molecule has 1 heterocycles. The normalized spacial score (nSPS) is 13.6. The molecule has 1 amide bonds. The lowest BCUT2D eigenvalue weighted by Crippen LogP contribution is -2.27. The zero-order chi connectivity index (χ0) is 21.3. The fourth-order valence-electron chi connectivity index (χ4n) is 2.91. The molecule has 1 N–H and O–H groups in total. The summed E-state index contributed by atoms with van der Waals surface area (Å²) in [6.45, 7) is 3.51. The second kappa shape index (κ2) is 7.82. The van der Waals surface area contributed by atoms with Crippen molar-refractivity contribution in [2.75, 3.05) is 0 Å². The van der Waals surface area contributed by atoms with Gasteiger partial charge in [-0.3, -0.25) is 4.79 Å². The molecule has 0 saturated carbocycles. The first kappa shape index (κ1) is 20.8. The van der Waals surface area contributed by atoms with Crippen LogP contribution in [0.25, 0.3) is 10.2 Å². The van der Waals surface area contributed by atoms with E-state index in [1.54, 1.807) is 31.2 Å². The maximum Gasteiger partial charge on any atom is 0.416 e. The number of rotatable bonds is 4. The zero-order valence-electron chi connectivity index (χ0n) is 15.5. The van der Waals surface area contributed by atoms with E-state index in [1.807, 2.05) is 6.92 Å². The number of aromatic nitrogens is 1. The van der Waals surface area contributed by atoms with Crippen LogP contribution >= 0.6 is 11.3 Å². The van der Waals surface area contributed by atoms with E-state index in [0.29, 0.717) is 5.56 Å². The van der Waals surface area contributed by atoms with Crippen molar-refractivity contribution >= 4 is 33.4 Å². The third-order valence-electron chi connectivity index (χ3n) is 4.43. The molecule has 1 unspecified atom stereocenters. The molecule has 0 saturated heterocycles. The predicted molar refractivity (Wildman–Crippen MR) is 103 cm³/mol. The van der Waals surface area contributed by atoms with Gasteiger partial charge in [-0.15, -0.1) is 0 Å². The van der Waals surface area contributed by atoms with E-state index in [-0.39, 0.29) is 21.4 Å². The minimum Gasteiger partial charge on any atom is -0.480 e. The van der Waals surface area contributed by atoms with Crippen LogP contribution in [0.5, 0.6) is 0 Å². The van der Waals surface area contributed by atoms with E-state index in [2.05, 4.69) is 4.99 Å². The van der Waals surface area contributed by atoms with E-state index in [9.17, 15) is 27.9 Å². The fourth-order valence-corrected chi connectivity index (χ4v) is 4.02. The van der Waals surface area contributed by atoms with Crippen molar-refractivity contribution in [3.63, 3.8) is 0 Å². The average molecular weight is 422 g/mol. The fraction of sp³-hybridized carbons (Fsp3) is 0.250. The van der Waals surface area contributed by atoms with Gasteiger partial charge in [0.15, 0.2) is 4.80 Å². The summed E-state index contributed by atoms with van der Waals surface area (Å²) in [6.07, 6.45) is -4.36. The first-order valence-electron chi connectivity index (χ1n) is 8.72. The molecule has 3 rings (SSSR count). The molecule has 2 aromatic carbocycles. The number of hydrogen-bond acceptors (Lipinski definition) is 3. The molecule has 1 atom stereocenters. The second-order valence-corrected chi connectivity index (χ2v) is 7.49. The number of nitrogens with zero attached hydrogens (tertiary/aromatic N) is 2. The summed E-state index contributed by atoms with van der Waals surface area (Å²) in [4.78, 5) is 28.4. The van der Waals surface area contributed by atoms with Crippen molar-refractivity contribution in [1.29, 1.82) is 0 Å². The summed E-state index contributed by atoms with van der Waals surface area (Å²) < 4.78 is 40.7. The number of carbonyl (C=O) groups excluding carboxylic acids is 1. The Balaban J connectivity index is 2.24. The molecule has 0 aliphatic carbocycles. The standard InChI is InChI=1S/C20H17F3N2O3S/c1-3-14(18(27)28)25-15-9-8-13(20(21,22)23)10-16(15)29-19(25)24-17(26)12-6-4-11(2)5-7-12/h4-10,14H,3H2,1-2H3,(H,27,28)/b24-19-. The van der Waals surface area contributed by atoms with E-state index >= 15 is 0 Å².